The van der Waals surface area contributed by atoms with Crippen molar-refractivity contribution in [3.8, 4) is 0 Å². The molecule has 1 spiro atoms. The van der Waals surface area contributed by atoms with E-state index in [-0.39, 0.29) is 23.1 Å². The van der Waals surface area contributed by atoms with Gasteiger partial charge in [0, 0.05) is 29.3 Å². The van der Waals surface area contributed by atoms with E-state index >= 15 is 0 Å². The average Bonchev–Trinajstić information content (AvgIpc) is 2.38. The van der Waals surface area contributed by atoms with Crippen LogP contribution in [0.5, 0.6) is 0 Å². The van der Waals surface area contributed by atoms with Gasteiger partial charge in [-0.25, -0.2) is 0 Å². The Hall–Kier alpha value is -0.200. The molecule has 0 bridgehead atoms. The van der Waals surface area contributed by atoms with E-state index in [4.69, 9.17) is 14.3 Å². The first-order valence-corrected chi connectivity index (χ1v) is 7.88. The molecule has 0 amide bonds. The van der Waals surface area contributed by atoms with Gasteiger partial charge in [0.25, 0.3) is 0 Å². The van der Waals surface area contributed by atoms with E-state index in [9.17, 15) is 5.11 Å². The summed E-state index contributed by atoms with van der Waals surface area (Å²) < 4.78 is 12.4. The average molecular weight is 301 g/mol. The summed E-state index contributed by atoms with van der Waals surface area (Å²) in [6.07, 6.45) is 2.36. The summed E-state index contributed by atoms with van der Waals surface area (Å²) >= 11 is 0. The molecule has 5 heteroatoms. The van der Waals surface area contributed by atoms with Gasteiger partial charge in [-0.2, -0.15) is 5.06 Å². The van der Waals surface area contributed by atoms with E-state index in [0.29, 0.717) is 13.2 Å². The highest BCUT2D eigenvalue weighted by Crippen LogP contribution is 2.48. The monoisotopic (exact) mass is 301 g/mol. The maximum absolute atomic E-state index is 9.63. The molecule has 0 saturated carbocycles. The fourth-order valence-corrected chi connectivity index (χ4v) is 4.10. The topological polar surface area (TPSA) is 51.2 Å². The Morgan fingerprint density at radius 2 is 1.52 bits per heavy atom. The standard InChI is InChI=1S/C16H31NO4/c1-7-15(10-18)11-20-16(21-12-15)8-13(2,3)17(19-6)14(4,5)9-16/h18H,7-12H2,1-6H3. The number of rotatable bonds is 3. The van der Waals surface area contributed by atoms with Crippen molar-refractivity contribution >= 4 is 0 Å². The molecule has 1 N–H and O–H groups in total. The quantitative estimate of drug-likeness (QED) is 0.867. The third-order valence-electron chi connectivity index (χ3n) is 5.05. The predicted molar refractivity (Wildman–Crippen MR) is 80.7 cm³/mol. The lowest BCUT2D eigenvalue weighted by Gasteiger charge is -2.59. The maximum Gasteiger partial charge on any atom is 0.171 e. The van der Waals surface area contributed by atoms with Crippen LogP contribution in [0.25, 0.3) is 0 Å². The summed E-state index contributed by atoms with van der Waals surface area (Å²) in [6.45, 7) is 11.9. The fourth-order valence-electron chi connectivity index (χ4n) is 4.10. The van der Waals surface area contributed by atoms with Crippen LogP contribution in [0.1, 0.15) is 53.9 Å². The number of nitrogens with zero attached hydrogens (tertiary/aromatic N) is 1. The molecule has 5 nitrogen and oxygen atoms in total. The zero-order valence-corrected chi connectivity index (χ0v) is 14.4. The largest absolute Gasteiger partial charge is 0.396 e. The Bertz CT molecular complexity index is 346. The third-order valence-corrected chi connectivity index (χ3v) is 5.05. The van der Waals surface area contributed by atoms with Crippen molar-refractivity contribution in [2.45, 2.75) is 70.7 Å². The lowest BCUT2D eigenvalue weighted by Crippen LogP contribution is -2.68. The van der Waals surface area contributed by atoms with Gasteiger partial charge in [0.15, 0.2) is 5.79 Å². The van der Waals surface area contributed by atoms with Gasteiger partial charge in [0.05, 0.1) is 26.9 Å². The Labute approximate surface area is 128 Å². The highest BCUT2D eigenvalue weighted by molar-refractivity contribution is 5.02. The molecular weight excluding hydrogens is 270 g/mol. The van der Waals surface area contributed by atoms with Gasteiger partial charge in [0.1, 0.15) is 0 Å². The van der Waals surface area contributed by atoms with Crippen LogP contribution in [0, 0.1) is 5.41 Å². The summed E-state index contributed by atoms with van der Waals surface area (Å²) in [5, 5.41) is 11.7. The molecule has 0 aromatic heterocycles. The number of ether oxygens (including phenoxy) is 2. The van der Waals surface area contributed by atoms with Crippen LogP contribution >= 0.6 is 0 Å². The van der Waals surface area contributed by atoms with Gasteiger partial charge in [-0.05, 0) is 34.1 Å². The van der Waals surface area contributed by atoms with Gasteiger partial charge >= 0.3 is 0 Å². The molecule has 2 aliphatic heterocycles. The first kappa shape index (κ1) is 17.2. The highest BCUT2D eigenvalue weighted by Gasteiger charge is 2.57. The molecule has 0 aromatic carbocycles. The molecular formula is C16H31NO4. The molecule has 2 aliphatic rings. The minimum absolute atomic E-state index is 0.108. The molecule has 2 heterocycles. The Kier molecular flexibility index (Phi) is 4.46. The van der Waals surface area contributed by atoms with Crippen LogP contribution in [-0.2, 0) is 14.3 Å². The third kappa shape index (κ3) is 2.99. The van der Waals surface area contributed by atoms with Gasteiger partial charge in [-0.3, -0.25) is 0 Å². The van der Waals surface area contributed by atoms with E-state index in [2.05, 4.69) is 34.6 Å². The normalized spacial score (nSPS) is 30.4. The van der Waals surface area contributed by atoms with E-state index in [1.807, 2.05) is 5.06 Å². The Morgan fingerprint density at radius 3 is 1.86 bits per heavy atom. The number of aliphatic hydroxyl groups excluding tert-OH is 1. The van der Waals surface area contributed by atoms with E-state index in [1.165, 1.54) is 0 Å². The smallest absolute Gasteiger partial charge is 0.171 e. The van der Waals surface area contributed by atoms with Crippen LogP contribution < -0.4 is 0 Å². The van der Waals surface area contributed by atoms with Crippen LogP contribution in [-0.4, -0.2) is 54.0 Å². The summed E-state index contributed by atoms with van der Waals surface area (Å²) in [4.78, 5) is 5.62. The lowest BCUT2D eigenvalue weighted by atomic mass is 9.76. The molecule has 124 valence electrons. The highest BCUT2D eigenvalue weighted by atomic mass is 16.7. The molecule has 0 aromatic rings. The van der Waals surface area contributed by atoms with Crippen LogP contribution in [0.4, 0.5) is 0 Å². The van der Waals surface area contributed by atoms with Crippen molar-refractivity contribution in [1.29, 1.82) is 0 Å². The minimum atomic E-state index is -0.574. The Balaban J connectivity index is 2.19. The summed E-state index contributed by atoms with van der Waals surface area (Å²) in [5.41, 5.74) is -0.609. The lowest BCUT2D eigenvalue weighted by molar-refractivity contribution is -0.379. The second kappa shape index (κ2) is 5.46. The molecule has 0 atom stereocenters. The zero-order valence-electron chi connectivity index (χ0n) is 14.4. The van der Waals surface area contributed by atoms with Crippen molar-refractivity contribution < 1.29 is 19.4 Å². The van der Waals surface area contributed by atoms with E-state index in [0.717, 1.165) is 19.3 Å². The zero-order chi connectivity index (χ0) is 15.9. The molecule has 21 heavy (non-hydrogen) atoms. The molecule has 2 saturated heterocycles. The summed E-state index contributed by atoms with van der Waals surface area (Å²) in [5.74, 6) is -0.574. The van der Waals surface area contributed by atoms with Gasteiger partial charge in [-0.1, -0.05) is 6.92 Å². The van der Waals surface area contributed by atoms with Crippen molar-refractivity contribution in [3.63, 3.8) is 0 Å². The first-order chi connectivity index (χ1) is 9.64. The van der Waals surface area contributed by atoms with Crippen LogP contribution in [0.2, 0.25) is 0 Å². The van der Waals surface area contributed by atoms with Gasteiger partial charge in [0.2, 0.25) is 0 Å². The van der Waals surface area contributed by atoms with Crippen LogP contribution in [0.15, 0.2) is 0 Å². The van der Waals surface area contributed by atoms with E-state index < -0.39 is 5.79 Å². The molecule has 2 rings (SSSR count). The van der Waals surface area contributed by atoms with Crippen molar-refractivity contribution in [3.05, 3.63) is 0 Å². The molecule has 0 radical (unpaired) electrons. The predicted octanol–water partition coefficient (Wildman–Crippen LogP) is 2.33. The van der Waals surface area contributed by atoms with Gasteiger partial charge < -0.3 is 19.4 Å². The van der Waals surface area contributed by atoms with E-state index in [1.54, 1.807) is 7.11 Å². The summed E-state index contributed by atoms with van der Waals surface area (Å²) in [7, 11) is 1.72. The number of hydrogen-bond donors (Lipinski definition) is 1. The number of hydroxylamine groups is 2. The van der Waals surface area contributed by atoms with Crippen molar-refractivity contribution in [1.82, 2.24) is 5.06 Å². The first-order valence-electron chi connectivity index (χ1n) is 7.88. The molecule has 0 aliphatic carbocycles. The second-order valence-corrected chi connectivity index (χ2v) is 7.96. The molecule has 2 fully saturated rings. The number of aliphatic hydroxyl groups is 1. The van der Waals surface area contributed by atoms with Crippen molar-refractivity contribution in [2.75, 3.05) is 26.9 Å². The minimum Gasteiger partial charge on any atom is -0.396 e. The maximum atomic E-state index is 9.63. The second-order valence-electron chi connectivity index (χ2n) is 7.96. The van der Waals surface area contributed by atoms with Crippen LogP contribution in [0.3, 0.4) is 0 Å². The Morgan fingerprint density at radius 1 is 1.05 bits per heavy atom. The molecule has 0 unspecified atom stereocenters. The SMILES string of the molecule is CCC1(CO)COC2(CC(C)(C)N(OC)C(C)(C)C2)OC1. The number of piperidine rings is 1. The summed E-state index contributed by atoms with van der Waals surface area (Å²) in [6, 6.07) is 0. The van der Waals surface area contributed by atoms with Gasteiger partial charge in [-0.15, -0.1) is 0 Å². The fraction of sp³-hybridized carbons (Fsp3) is 1.00. The van der Waals surface area contributed by atoms with Crippen molar-refractivity contribution in [2.24, 2.45) is 5.41 Å². The number of hydrogen-bond acceptors (Lipinski definition) is 5.